The highest BCUT2D eigenvalue weighted by Crippen LogP contribution is 2.38. The van der Waals surface area contributed by atoms with Crippen LogP contribution in [0.15, 0.2) is 42.7 Å². The molecule has 0 saturated carbocycles. The van der Waals surface area contributed by atoms with Gasteiger partial charge in [0.15, 0.2) is 0 Å². The number of aromatic nitrogens is 3. The smallest absolute Gasteiger partial charge is 0.418 e. The second-order valence-electron chi connectivity index (χ2n) is 10.8. The molecule has 4 heterocycles. The molecule has 1 aromatic carbocycles. The summed E-state index contributed by atoms with van der Waals surface area (Å²) in [6.07, 6.45) is -7.45. The zero-order valence-corrected chi connectivity index (χ0v) is 24.5. The number of imidazole rings is 1. The second-order valence-corrected chi connectivity index (χ2v) is 10.8. The number of carboxylic acid groups (broad SMARTS) is 1. The van der Waals surface area contributed by atoms with Crippen molar-refractivity contribution in [2.24, 2.45) is 0 Å². The van der Waals surface area contributed by atoms with Crippen molar-refractivity contribution in [1.82, 2.24) is 19.7 Å². The maximum Gasteiger partial charge on any atom is 0.418 e. The Hall–Kier alpha value is -4.80. The van der Waals surface area contributed by atoms with E-state index in [1.807, 2.05) is 5.32 Å². The Morgan fingerprint density at radius 3 is 2.38 bits per heavy atom. The summed E-state index contributed by atoms with van der Waals surface area (Å²) in [6, 6.07) is 0.617. The van der Waals surface area contributed by atoms with E-state index in [0.29, 0.717) is 28.3 Å². The molecule has 1 saturated heterocycles. The van der Waals surface area contributed by atoms with Crippen molar-refractivity contribution in [2.75, 3.05) is 24.7 Å². The van der Waals surface area contributed by atoms with Crippen molar-refractivity contribution in [3.05, 3.63) is 82.4 Å². The van der Waals surface area contributed by atoms with Crippen LogP contribution >= 0.6 is 0 Å². The van der Waals surface area contributed by atoms with Gasteiger partial charge in [-0.25, -0.2) is 18.6 Å². The van der Waals surface area contributed by atoms with Crippen molar-refractivity contribution < 1.29 is 54.6 Å². The SMILES string of the molecule is Cc1cc(C(F)(F)F)c(-c2ccc(CC(NC(=O)c3c(F)cc(N4CCOCC4C(F)(F)F)cc3F)C(=O)O)n3ccnc23)nc1C. The van der Waals surface area contributed by atoms with Crippen LogP contribution in [0, 0.1) is 25.5 Å². The molecule has 2 atom stereocenters. The molecule has 3 aromatic heterocycles. The standard InChI is InChI=1S/C30H25F8N5O4/c1-14-9-19(29(33,34)35)25(40-15(14)2)18-4-3-16(43-6-5-39-26(18)43)12-22(28(45)46)41-27(44)24-20(31)10-17(11-21(24)32)42-7-8-47-13-23(42)30(36,37)38/h3-6,9-11,22-23H,7-8,12-13H2,1-2H3,(H,41,44)(H,45,46). The minimum atomic E-state index is -4.78. The van der Waals surface area contributed by atoms with Gasteiger partial charge in [0.25, 0.3) is 5.91 Å². The summed E-state index contributed by atoms with van der Waals surface area (Å²) < 4.78 is 119. The number of anilines is 1. The zero-order valence-electron chi connectivity index (χ0n) is 24.5. The predicted molar refractivity (Wildman–Crippen MR) is 150 cm³/mol. The number of nitrogens with one attached hydrogen (secondary N) is 1. The van der Waals surface area contributed by atoms with Gasteiger partial charge >= 0.3 is 18.3 Å². The van der Waals surface area contributed by atoms with E-state index in [0.717, 1.165) is 6.07 Å². The van der Waals surface area contributed by atoms with Gasteiger partial charge in [-0.2, -0.15) is 26.3 Å². The van der Waals surface area contributed by atoms with Crippen molar-refractivity contribution in [3.8, 4) is 11.3 Å². The van der Waals surface area contributed by atoms with Gasteiger partial charge in [-0.3, -0.25) is 9.78 Å². The first-order valence-electron chi connectivity index (χ1n) is 13.9. The van der Waals surface area contributed by atoms with Crippen LogP contribution in [0.5, 0.6) is 0 Å². The number of halogens is 8. The number of morpholine rings is 1. The number of carboxylic acids is 1. The molecule has 17 heteroatoms. The van der Waals surface area contributed by atoms with Gasteiger partial charge in [0.1, 0.15) is 34.9 Å². The Bertz CT molecular complexity index is 1830. The Morgan fingerprint density at radius 2 is 1.77 bits per heavy atom. The zero-order chi connectivity index (χ0) is 34.4. The lowest BCUT2D eigenvalue weighted by Crippen LogP contribution is -2.53. The second kappa shape index (κ2) is 12.4. The van der Waals surface area contributed by atoms with Crippen molar-refractivity contribution in [1.29, 1.82) is 0 Å². The van der Waals surface area contributed by atoms with Crippen LogP contribution < -0.4 is 10.2 Å². The fourth-order valence-corrected chi connectivity index (χ4v) is 5.31. The summed E-state index contributed by atoms with van der Waals surface area (Å²) in [5.41, 5.74) is -2.35. The van der Waals surface area contributed by atoms with Crippen LogP contribution in [0.25, 0.3) is 16.9 Å². The van der Waals surface area contributed by atoms with Gasteiger partial charge in [-0.05, 0) is 49.7 Å². The topological polar surface area (TPSA) is 109 Å². The third-order valence-corrected chi connectivity index (χ3v) is 7.77. The third kappa shape index (κ3) is 6.70. The third-order valence-electron chi connectivity index (χ3n) is 7.77. The number of hydrogen-bond acceptors (Lipinski definition) is 6. The number of hydrogen-bond donors (Lipinski definition) is 2. The summed E-state index contributed by atoms with van der Waals surface area (Å²) in [7, 11) is 0. The largest absolute Gasteiger partial charge is 0.480 e. The molecule has 47 heavy (non-hydrogen) atoms. The number of rotatable bonds is 7. The fraction of sp³-hybridized carbons (Fsp3) is 0.333. The van der Waals surface area contributed by atoms with Crippen molar-refractivity contribution in [3.63, 3.8) is 0 Å². The summed E-state index contributed by atoms with van der Waals surface area (Å²) in [5.74, 6) is -6.18. The minimum absolute atomic E-state index is 0.00725. The van der Waals surface area contributed by atoms with E-state index in [1.54, 1.807) is 0 Å². The molecule has 1 amide bonds. The monoisotopic (exact) mass is 671 g/mol. The van der Waals surface area contributed by atoms with Crippen LogP contribution in [0.1, 0.15) is 32.9 Å². The number of alkyl halides is 6. The highest BCUT2D eigenvalue weighted by atomic mass is 19.4. The van der Waals surface area contributed by atoms with Crippen LogP contribution in [0.3, 0.4) is 0 Å². The molecule has 2 N–H and O–H groups in total. The van der Waals surface area contributed by atoms with Gasteiger partial charge in [-0.1, -0.05) is 0 Å². The van der Waals surface area contributed by atoms with E-state index < -0.39 is 83.5 Å². The average Bonchev–Trinajstić information content (AvgIpc) is 3.47. The number of nitrogens with zero attached hydrogens (tertiary/aromatic N) is 4. The van der Waals surface area contributed by atoms with Gasteiger partial charge in [0.2, 0.25) is 0 Å². The number of fused-ring (bicyclic) bond motifs is 1. The quantitative estimate of drug-likeness (QED) is 0.250. The first-order chi connectivity index (χ1) is 22.0. The molecule has 1 fully saturated rings. The Morgan fingerprint density at radius 1 is 1.09 bits per heavy atom. The van der Waals surface area contributed by atoms with E-state index in [4.69, 9.17) is 4.74 Å². The number of amides is 1. The van der Waals surface area contributed by atoms with E-state index in [1.165, 1.54) is 42.8 Å². The summed E-state index contributed by atoms with van der Waals surface area (Å²) in [4.78, 5) is 34.0. The van der Waals surface area contributed by atoms with E-state index >= 15 is 8.78 Å². The molecule has 1 aliphatic heterocycles. The molecule has 4 aromatic rings. The highest BCUT2D eigenvalue weighted by Gasteiger charge is 2.46. The average molecular weight is 672 g/mol. The fourth-order valence-electron chi connectivity index (χ4n) is 5.31. The lowest BCUT2D eigenvalue weighted by atomic mass is 10.0. The van der Waals surface area contributed by atoms with Crippen LogP contribution in [0.4, 0.5) is 40.8 Å². The number of ether oxygens (including phenoxy) is 1. The van der Waals surface area contributed by atoms with Crippen LogP contribution in [-0.2, 0) is 22.1 Å². The predicted octanol–water partition coefficient (Wildman–Crippen LogP) is 5.50. The van der Waals surface area contributed by atoms with Crippen molar-refractivity contribution >= 4 is 23.2 Å². The number of carbonyl (C=O) groups excluding carboxylic acids is 1. The summed E-state index contributed by atoms with van der Waals surface area (Å²) >= 11 is 0. The van der Waals surface area contributed by atoms with E-state index in [2.05, 4.69) is 9.97 Å². The lowest BCUT2D eigenvalue weighted by molar-refractivity contribution is -0.167. The van der Waals surface area contributed by atoms with Gasteiger partial charge in [0.05, 0.1) is 24.5 Å². The molecule has 5 rings (SSSR count). The molecule has 2 unspecified atom stereocenters. The van der Waals surface area contributed by atoms with Crippen LogP contribution in [0.2, 0.25) is 0 Å². The number of aryl methyl sites for hydroxylation is 2. The molecule has 250 valence electrons. The van der Waals surface area contributed by atoms with Crippen molar-refractivity contribution in [2.45, 2.75) is 44.7 Å². The molecule has 0 spiro atoms. The Balaban J connectivity index is 1.43. The van der Waals surface area contributed by atoms with E-state index in [9.17, 15) is 41.0 Å². The van der Waals surface area contributed by atoms with Gasteiger partial charge in [0, 0.05) is 48.0 Å². The summed E-state index contributed by atoms with van der Waals surface area (Å²) in [6.45, 7) is 1.76. The highest BCUT2D eigenvalue weighted by molar-refractivity contribution is 5.97. The molecule has 0 bridgehead atoms. The molecule has 0 radical (unpaired) electrons. The molecule has 0 aliphatic carbocycles. The maximum atomic E-state index is 15.1. The van der Waals surface area contributed by atoms with E-state index in [-0.39, 0.29) is 30.1 Å². The number of carbonyl (C=O) groups is 2. The first-order valence-corrected chi connectivity index (χ1v) is 13.9. The van der Waals surface area contributed by atoms with Crippen LogP contribution in [-0.4, -0.2) is 69.4 Å². The first kappa shape index (κ1) is 33.6. The lowest BCUT2D eigenvalue weighted by Gasteiger charge is -2.38. The Labute approximate surface area is 260 Å². The molecular formula is C30H25F8N5O4. The molecule has 9 nitrogen and oxygen atoms in total. The number of benzene rings is 1. The number of pyridine rings is 2. The van der Waals surface area contributed by atoms with Gasteiger partial charge in [-0.15, -0.1) is 0 Å². The maximum absolute atomic E-state index is 15.1. The minimum Gasteiger partial charge on any atom is -0.480 e. The number of aliphatic carboxylic acids is 1. The summed E-state index contributed by atoms with van der Waals surface area (Å²) in [5, 5.41) is 11.9. The van der Waals surface area contributed by atoms with Gasteiger partial charge < -0.3 is 24.5 Å². The molecule has 1 aliphatic rings. The normalized spacial score (nSPS) is 16.4. The Kier molecular flexibility index (Phi) is 8.87. The molecular weight excluding hydrogens is 646 g/mol.